The van der Waals surface area contributed by atoms with E-state index in [9.17, 15) is 15.0 Å². The lowest BCUT2D eigenvalue weighted by atomic mass is 9.84. The fourth-order valence-corrected chi connectivity index (χ4v) is 4.39. The quantitative estimate of drug-likeness (QED) is 0.243. The van der Waals surface area contributed by atoms with Gasteiger partial charge in [-0.3, -0.25) is 4.79 Å². The van der Waals surface area contributed by atoms with Crippen LogP contribution in [-0.2, 0) is 16.0 Å². The number of unbranched alkanes of at least 4 members (excludes halogenated alkanes) is 3. The molecular formula is C27H42O4. The Morgan fingerprint density at radius 1 is 1.00 bits per heavy atom. The van der Waals surface area contributed by atoms with Crippen molar-refractivity contribution in [3.05, 3.63) is 48.0 Å². The number of carbonyl (C=O) groups is 1. The van der Waals surface area contributed by atoms with Crippen LogP contribution >= 0.6 is 0 Å². The van der Waals surface area contributed by atoms with E-state index < -0.39 is 5.60 Å². The van der Waals surface area contributed by atoms with E-state index in [0.29, 0.717) is 12.3 Å². The second-order valence-corrected chi connectivity index (χ2v) is 10.00. The van der Waals surface area contributed by atoms with Crippen LogP contribution < -0.4 is 0 Å². The van der Waals surface area contributed by atoms with Gasteiger partial charge in [-0.15, -0.1) is 0 Å². The van der Waals surface area contributed by atoms with Crippen molar-refractivity contribution in [3.63, 3.8) is 0 Å². The fraction of sp³-hybridized carbons (Fsp3) is 0.667. The standard InChI is InChI=1S/C27H42O4/c1-27(2,3)31-26(30)14-10-5-4-9-13-24-22(17-20-25(24)29)16-19-23(28)18-15-21-11-7-6-8-12-21/h6-8,11-12,17,20,22-25,28-29H,4-5,9-10,13-16,18-19H2,1-3H3/t22?,23-,24?,25?/m0/s1. The molecule has 0 fully saturated rings. The number of hydrogen-bond acceptors (Lipinski definition) is 4. The number of aryl methyl sites for hydroxylation is 1. The van der Waals surface area contributed by atoms with Crippen molar-refractivity contribution in [1.82, 2.24) is 0 Å². The van der Waals surface area contributed by atoms with Crippen LogP contribution in [-0.4, -0.2) is 34.0 Å². The molecule has 31 heavy (non-hydrogen) atoms. The predicted molar refractivity (Wildman–Crippen MR) is 126 cm³/mol. The number of esters is 1. The van der Waals surface area contributed by atoms with E-state index in [4.69, 9.17) is 4.74 Å². The number of hydrogen-bond donors (Lipinski definition) is 2. The Kier molecular flexibility index (Phi) is 10.8. The average molecular weight is 431 g/mol. The maximum absolute atomic E-state index is 11.8. The van der Waals surface area contributed by atoms with Crippen molar-refractivity contribution < 1.29 is 19.7 Å². The monoisotopic (exact) mass is 430 g/mol. The summed E-state index contributed by atoms with van der Waals surface area (Å²) in [4.78, 5) is 11.8. The summed E-state index contributed by atoms with van der Waals surface area (Å²) < 4.78 is 5.34. The molecule has 0 bridgehead atoms. The topological polar surface area (TPSA) is 66.8 Å². The third-order valence-electron chi connectivity index (χ3n) is 6.07. The van der Waals surface area contributed by atoms with E-state index in [1.165, 1.54) is 5.56 Å². The average Bonchev–Trinajstić information content (AvgIpc) is 3.06. The summed E-state index contributed by atoms with van der Waals surface area (Å²) in [5.41, 5.74) is 0.856. The fourth-order valence-electron chi connectivity index (χ4n) is 4.39. The Hall–Kier alpha value is -1.65. The smallest absolute Gasteiger partial charge is 0.306 e. The lowest BCUT2D eigenvalue weighted by Gasteiger charge is -2.23. The summed E-state index contributed by atoms with van der Waals surface area (Å²) in [7, 11) is 0. The highest BCUT2D eigenvalue weighted by molar-refractivity contribution is 5.69. The van der Waals surface area contributed by atoms with Crippen LogP contribution in [0.4, 0.5) is 0 Å². The molecule has 4 nitrogen and oxygen atoms in total. The van der Waals surface area contributed by atoms with Gasteiger partial charge in [0.15, 0.2) is 0 Å². The third kappa shape index (κ3) is 10.5. The molecular weight excluding hydrogens is 388 g/mol. The van der Waals surface area contributed by atoms with Gasteiger partial charge in [-0.05, 0) is 76.7 Å². The predicted octanol–water partition coefficient (Wildman–Crippen LogP) is 5.61. The molecule has 0 aliphatic heterocycles. The minimum absolute atomic E-state index is 0.117. The molecule has 0 amide bonds. The highest BCUT2D eigenvalue weighted by Gasteiger charge is 2.29. The molecule has 2 rings (SSSR count). The van der Waals surface area contributed by atoms with Crippen molar-refractivity contribution in [2.45, 2.75) is 103 Å². The minimum atomic E-state index is -0.410. The lowest BCUT2D eigenvalue weighted by Crippen LogP contribution is -2.23. The minimum Gasteiger partial charge on any atom is -0.460 e. The Morgan fingerprint density at radius 3 is 2.42 bits per heavy atom. The van der Waals surface area contributed by atoms with Crippen LogP contribution in [0.25, 0.3) is 0 Å². The largest absolute Gasteiger partial charge is 0.460 e. The van der Waals surface area contributed by atoms with E-state index in [-0.39, 0.29) is 24.1 Å². The van der Waals surface area contributed by atoms with Crippen LogP contribution in [0.3, 0.4) is 0 Å². The summed E-state index contributed by atoms with van der Waals surface area (Å²) in [6, 6.07) is 10.3. The Morgan fingerprint density at radius 2 is 1.71 bits per heavy atom. The number of aliphatic hydroxyl groups is 2. The second kappa shape index (κ2) is 13.0. The number of rotatable bonds is 13. The molecule has 4 heteroatoms. The first-order valence-corrected chi connectivity index (χ1v) is 12.0. The molecule has 0 heterocycles. The van der Waals surface area contributed by atoms with Gasteiger partial charge >= 0.3 is 5.97 Å². The number of ether oxygens (including phenoxy) is 1. The SMILES string of the molecule is CC(C)(C)OC(=O)CCCCCCC1C(O)C=CC1CC[C@@H](O)CCc1ccccc1. The van der Waals surface area contributed by atoms with Crippen LogP contribution in [0.1, 0.15) is 84.1 Å². The van der Waals surface area contributed by atoms with Crippen molar-refractivity contribution in [3.8, 4) is 0 Å². The Bertz CT molecular complexity index is 662. The summed E-state index contributed by atoms with van der Waals surface area (Å²) in [5.74, 6) is 0.490. The van der Waals surface area contributed by atoms with Gasteiger partial charge in [-0.2, -0.15) is 0 Å². The number of allylic oxidation sites excluding steroid dienone is 1. The van der Waals surface area contributed by atoms with E-state index in [1.807, 2.05) is 45.0 Å². The molecule has 1 aliphatic rings. The van der Waals surface area contributed by atoms with Gasteiger partial charge in [-0.25, -0.2) is 0 Å². The highest BCUT2D eigenvalue weighted by Crippen LogP contribution is 2.34. The first-order valence-electron chi connectivity index (χ1n) is 12.0. The Balaban J connectivity index is 1.59. The van der Waals surface area contributed by atoms with E-state index in [0.717, 1.165) is 57.8 Å². The molecule has 174 valence electrons. The molecule has 0 spiro atoms. The van der Waals surface area contributed by atoms with E-state index >= 15 is 0 Å². The van der Waals surface area contributed by atoms with Gasteiger partial charge < -0.3 is 14.9 Å². The Labute approximate surface area is 188 Å². The van der Waals surface area contributed by atoms with Gasteiger partial charge in [-0.1, -0.05) is 61.7 Å². The molecule has 3 unspecified atom stereocenters. The summed E-state index contributed by atoms with van der Waals surface area (Å²) >= 11 is 0. The van der Waals surface area contributed by atoms with Crippen molar-refractivity contribution in [2.24, 2.45) is 11.8 Å². The van der Waals surface area contributed by atoms with Crippen molar-refractivity contribution in [1.29, 1.82) is 0 Å². The molecule has 4 atom stereocenters. The van der Waals surface area contributed by atoms with Gasteiger partial charge in [0.05, 0.1) is 12.2 Å². The normalized spacial score (nSPS) is 21.9. The van der Waals surface area contributed by atoms with Gasteiger partial charge in [0.2, 0.25) is 0 Å². The van der Waals surface area contributed by atoms with E-state index in [1.54, 1.807) is 0 Å². The molecule has 0 saturated carbocycles. The number of aliphatic hydroxyl groups excluding tert-OH is 2. The lowest BCUT2D eigenvalue weighted by molar-refractivity contribution is -0.154. The molecule has 0 aromatic heterocycles. The highest BCUT2D eigenvalue weighted by atomic mass is 16.6. The van der Waals surface area contributed by atoms with E-state index in [2.05, 4.69) is 18.2 Å². The maximum Gasteiger partial charge on any atom is 0.306 e. The summed E-state index contributed by atoms with van der Waals surface area (Å²) in [6.45, 7) is 5.68. The first kappa shape index (κ1) is 25.6. The van der Waals surface area contributed by atoms with Crippen LogP contribution in [0, 0.1) is 11.8 Å². The zero-order valence-corrected chi connectivity index (χ0v) is 19.6. The second-order valence-electron chi connectivity index (χ2n) is 10.00. The molecule has 1 aromatic carbocycles. The van der Waals surface area contributed by atoms with Crippen molar-refractivity contribution in [2.75, 3.05) is 0 Å². The number of carbonyl (C=O) groups excluding carboxylic acids is 1. The van der Waals surface area contributed by atoms with Crippen LogP contribution in [0.15, 0.2) is 42.5 Å². The summed E-state index contributed by atoms with van der Waals surface area (Å²) in [6.07, 6.45) is 12.3. The van der Waals surface area contributed by atoms with Gasteiger partial charge in [0.25, 0.3) is 0 Å². The van der Waals surface area contributed by atoms with Gasteiger partial charge in [0.1, 0.15) is 5.60 Å². The van der Waals surface area contributed by atoms with Crippen LogP contribution in [0.2, 0.25) is 0 Å². The maximum atomic E-state index is 11.8. The molecule has 1 aromatic rings. The first-order chi connectivity index (χ1) is 14.7. The molecule has 0 radical (unpaired) electrons. The zero-order chi connectivity index (χ0) is 22.7. The number of benzene rings is 1. The van der Waals surface area contributed by atoms with Crippen LogP contribution in [0.5, 0.6) is 0 Å². The summed E-state index contributed by atoms with van der Waals surface area (Å²) in [5, 5.41) is 20.7. The zero-order valence-electron chi connectivity index (χ0n) is 19.6. The van der Waals surface area contributed by atoms with Crippen molar-refractivity contribution >= 4 is 5.97 Å². The molecule has 2 N–H and O–H groups in total. The third-order valence-corrected chi connectivity index (χ3v) is 6.07. The van der Waals surface area contributed by atoms with Gasteiger partial charge in [0, 0.05) is 6.42 Å². The molecule has 0 saturated heterocycles. The molecule has 1 aliphatic carbocycles.